The van der Waals surface area contributed by atoms with Crippen LogP contribution in [0.1, 0.15) is 62.7 Å². The molecule has 4 nitrogen and oxygen atoms in total. The third kappa shape index (κ3) is 1.97. The lowest BCUT2D eigenvalue weighted by atomic mass is 10.3. The van der Waals surface area contributed by atoms with Gasteiger partial charge in [0, 0.05) is 17.2 Å². The number of aromatic nitrogens is 3. The average Bonchev–Trinajstić information content (AvgIpc) is 3.28. The van der Waals surface area contributed by atoms with Crippen LogP contribution in [-0.2, 0) is 0 Å². The predicted octanol–water partition coefficient (Wildman–Crippen LogP) is 2.50. The monoisotopic (exact) mass is 265 g/mol. The summed E-state index contributed by atoms with van der Waals surface area (Å²) in [6, 6.07) is 0.650. The standard InChI is InChI=1S/C13H19N3OS/c17-10-2-1-3-11(10)18-13-15-14-12(8-4-5-8)16(13)9-6-7-9/h8-11,17H,1-7H2. The van der Waals surface area contributed by atoms with Crippen LogP contribution < -0.4 is 0 Å². The molecule has 3 aliphatic carbocycles. The Morgan fingerprint density at radius 1 is 1.06 bits per heavy atom. The first-order chi connectivity index (χ1) is 8.83. The van der Waals surface area contributed by atoms with E-state index in [2.05, 4.69) is 14.8 Å². The van der Waals surface area contributed by atoms with Crippen LogP contribution in [0.4, 0.5) is 0 Å². The lowest BCUT2D eigenvalue weighted by Crippen LogP contribution is -2.16. The zero-order chi connectivity index (χ0) is 12.1. The molecule has 3 aliphatic rings. The van der Waals surface area contributed by atoms with E-state index in [1.807, 2.05) is 0 Å². The number of aliphatic hydroxyl groups is 1. The van der Waals surface area contributed by atoms with Gasteiger partial charge in [-0.05, 0) is 44.9 Å². The highest BCUT2D eigenvalue weighted by molar-refractivity contribution is 7.99. The van der Waals surface area contributed by atoms with Crippen LogP contribution in [0, 0.1) is 0 Å². The van der Waals surface area contributed by atoms with Gasteiger partial charge < -0.3 is 9.67 Å². The zero-order valence-electron chi connectivity index (χ0n) is 10.5. The molecule has 2 unspecified atom stereocenters. The Hall–Kier alpha value is -0.550. The van der Waals surface area contributed by atoms with Gasteiger partial charge >= 0.3 is 0 Å². The van der Waals surface area contributed by atoms with Gasteiger partial charge in [0.25, 0.3) is 0 Å². The molecule has 0 bridgehead atoms. The summed E-state index contributed by atoms with van der Waals surface area (Å²) >= 11 is 1.76. The topological polar surface area (TPSA) is 50.9 Å². The Kier molecular flexibility index (Phi) is 2.66. The molecule has 1 heterocycles. The van der Waals surface area contributed by atoms with Crippen LogP contribution >= 0.6 is 11.8 Å². The van der Waals surface area contributed by atoms with Gasteiger partial charge in [-0.2, -0.15) is 0 Å². The van der Waals surface area contributed by atoms with E-state index in [1.54, 1.807) is 11.8 Å². The third-order valence-corrected chi connectivity index (χ3v) is 5.56. The van der Waals surface area contributed by atoms with E-state index in [-0.39, 0.29) is 6.10 Å². The van der Waals surface area contributed by atoms with Gasteiger partial charge in [-0.3, -0.25) is 0 Å². The Morgan fingerprint density at radius 2 is 1.89 bits per heavy atom. The Bertz CT molecular complexity index is 453. The molecule has 2 atom stereocenters. The van der Waals surface area contributed by atoms with Gasteiger partial charge in [0.1, 0.15) is 5.82 Å². The summed E-state index contributed by atoms with van der Waals surface area (Å²) < 4.78 is 2.38. The smallest absolute Gasteiger partial charge is 0.191 e. The highest BCUT2D eigenvalue weighted by atomic mass is 32.2. The number of hydrogen-bond donors (Lipinski definition) is 1. The van der Waals surface area contributed by atoms with Crippen molar-refractivity contribution < 1.29 is 5.11 Å². The Labute approximate surface area is 111 Å². The minimum atomic E-state index is -0.149. The van der Waals surface area contributed by atoms with Gasteiger partial charge in [0.15, 0.2) is 5.16 Å². The van der Waals surface area contributed by atoms with Crippen molar-refractivity contribution in [2.75, 3.05) is 0 Å². The number of nitrogens with zero attached hydrogens (tertiary/aromatic N) is 3. The van der Waals surface area contributed by atoms with Crippen molar-refractivity contribution in [3.63, 3.8) is 0 Å². The molecule has 3 saturated carbocycles. The van der Waals surface area contributed by atoms with Gasteiger partial charge in [0.05, 0.1) is 6.10 Å². The molecule has 1 N–H and O–H groups in total. The van der Waals surface area contributed by atoms with Crippen molar-refractivity contribution >= 4 is 11.8 Å². The molecule has 18 heavy (non-hydrogen) atoms. The van der Waals surface area contributed by atoms with Gasteiger partial charge in [0.2, 0.25) is 0 Å². The van der Waals surface area contributed by atoms with E-state index >= 15 is 0 Å². The fourth-order valence-electron chi connectivity index (χ4n) is 2.84. The molecular weight excluding hydrogens is 246 g/mol. The first kappa shape index (κ1) is 11.3. The number of rotatable bonds is 4. The van der Waals surface area contributed by atoms with Gasteiger partial charge in [-0.1, -0.05) is 11.8 Å². The second-order valence-corrected chi connectivity index (χ2v) is 7.08. The molecule has 98 valence electrons. The third-order valence-electron chi connectivity index (χ3n) is 4.22. The normalized spacial score (nSPS) is 32.1. The van der Waals surface area contributed by atoms with Gasteiger partial charge in [-0.25, -0.2) is 0 Å². The van der Waals surface area contributed by atoms with E-state index in [1.165, 1.54) is 31.5 Å². The zero-order valence-corrected chi connectivity index (χ0v) is 11.3. The largest absolute Gasteiger partial charge is 0.392 e. The lowest BCUT2D eigenvalue weighted by molar-refractivity contribution is 0.188. The molecule has 5 heteroatoms. The van der Waals surface area contributed by atoms with Crippen LogP contribution in [0.5, 0.6) is 0 Å². The Balaban J connectivity index is 1.59. The molecule has 0 amide bonds. The van der Waals surface area contributed by atoms with E-state index in [9.17, 15) is 5.11 Å². The molecule has 4 rings (SSSR count). The first-order valence-corrected chi connectivity index (χ1v) is 8.00. The first-order valence-electron chi connectivity index (χ1n) is 7.12. The van der Waals surface area contributed by atoms with Crippen LogP contribution in [0.15, 0.2) is 5.16 Å². The summed E-state index contributed by atoms with van der Waals surface area (Å²) in [5.74, 6) is 1.88. The molecule has 0 aliphatic heterocycles. The Morgan fingerprint density at radius 3 is 2.50 bits per heavy atom. The summed E-state index contributed by atoms with van der Waals surface area (Å²) in [5, 5.41) is 20.2. The highest BCUT2D eigenvalue weighted by Crippen LogP contribution is 2.47. The summed E-state index contributed by atoms with van der Waals surface area (Å²) in [5.41, 5.74) is 0. The van der Waals surface area contributed by atoms with Crippen LogP contribution in [-0.4, -0.2) is 31.2 Å². The minimum Gasteiger partial charge on any atom is -0.392 e. The minimum absolute atomic E-state index is 0.149. The van der Waals surface area contributed by atoms with Crippen molar-refractivity contribution in [3.05, 3.63) is 5.82 Å². The lowest BCUT2D eigenvalue weighted by Gasteiger charge is -2.14. The van der Waals surface area contributed by atoms with E-state index in [0.29, 0.717) is 17.2 Å². The van der Waals surface area contributed by atoms with Crippen molar-refractivity contribution in [2.24, 2.45) is 0 Å². The van der Waals surface area contributed by atoms with E-state index < -0.39 is 0 Å². The molecule has 3 fully saturated rings. The molecule has 0 aromatic carbocycles. The van der Waals surface area contributed by atoms with E-state index in [4.69, 9.17) is 0 Å². The molecule has 0 saturated heterocycles. The second kappa shape index (κ2) is 4.23. The SMILES string of the molecule is OC1CCCC1Sc1nnc(C2CC2)n1C1CC1. The molecule has 0 spiro atoms. The van der Waals surface area contributed by atoms with Crippen molar-refractivity contribution in [1.82, 2.24) is 14.8 Å². The molecular formula is C13H19N3OS. The maximum atomic E-state index is 9.95. The quantitative estimate of drug-likeness (QED) is 0.908. The maximum Gasteiger partial charge on any atom is 0.191 e. The number of thioether (sulfide) groups is 1. The molecule has 0 radical (unpaired) electrons. The predicted molar refractivity (Wildman–Crippen MR) is 69.8 cm³/mol. The van der Waals surface area contributed by atoms with E-state index in [0.717, 1.165) is 24.4 Å². The molecule has 1 aromatic heterocycles. The summed E-state index contributed by atoms with van der Waals surface area (Å²) in [4.78, 5) is 0. The van der Waals surface area contributed by atoms with Crippen molar-refractivity contribution in [3.8, 4) is 0 Å². The maximum absolute atomic E-state index is 9.95. The average molecular weight is 265 g/mol. The fraction of sp³-hybridized carbons (Fsp3) is 0.846. The summed E-state index contributed by atoms with van der Waals surface area (Å²) in [6.07, 6.45) is 8.17. The molecule has 1 aromatic rings. The van der Waals surface area contributed by atoms with Crippen molar-refractivity contribution in [2.45, 2.75) is 73.4 Å². The summed E-state index contributed by atoms with van der Waals surface area (Å²) in [7, 11) is 0. The number of hydrogen-bond acceptors (Lipinski definition) is 4. The van der Waals surface area contributed by atoms with Crippen LogP contribution in [0.2, 0.25) is 0 Å². The van der Waals surface area contributed by atoms with Crippen LogP contribution in [0.3, 0.4) is 0 Å². The summed E-state index contributed by atoms with van der Waals surface area (Å²) in [6.45, 7) is 0. The number of aliphatic hydroxyl groups excluding tert-OH is 1. The second-order valence-electron chi connectivity index (χ2n) is 5.87. The van der Waals surface area contributed by atoms with Crippen molar-refractivity contribution in [1.29, 1.82) is 0 Å². The van der Waals surface area contributed by atoms with Crippen LogP contribution in [0.25, 0.3) is 0 Å². The highest BCUT2D eigenvalue weighted by Gasteiger charge is 2.37. The van der Waals surface area contributed by atoms with Gasteiger partial charge in [-0.15, -0.1) is 10.2 Å². The fourth-order valence-corrected chi connectivity index (χ4v) is 4.14.